The van der Waals surface area contributed by atoms with Crippen molar-refractivity contribution < 1.29 is 9.59 Å². The van der Waals surface area contributed by atoms with E-state index < -0.39 is 0 Å². The van der Waals surface area contributed by atoms with Crippen LogP contribution in [0.3, 0.4) is 0 Å². The number of likely N-dealkylation sites (tertiary alicyclic amines) is 1. The normalized spacial score (nSPS) is 16.9. The molecular weight excluding hydrogens is 338 g/mol. The number of piperidine rings is 1. The molecule has 1 aliphatic rings. The third-order valence-electron chi connectivity index (χ3n) is 5.16. The second-order valence-corrected chi connectivity index (χ2v) is 7.35. The fourth-order valence-electron chi connectivity index (χ4n) is 3.62. The van der Waals surface area contributed by atoms with E-state index in [0.717, 1.165) is 49.2 Å². The van der Waals surface area contributed by atoms with E-state index in [9.17, 15) is 9.59 Å². The predicted molar refractivity (Wildman–Crippen MR) is 107 cm³/mol. The van der Waals surface area contributed by atoms with Crippen LogP contribution >= 0.6 is 0 Å². The van der Waals surface area contributed by atoms with Gasteiger partial charge in [-0.2, -0.15) is 0 Å². The molecule has 1 aliphatic heterocycles. The van der Waals surface area contributed by atoms with Gasteiger partial charge in [-0.05, 0) is 55.4 Å². The first-order valence-electron chi connectivity index (χ1n) is 9.64. The topological polar surface area (TPSA) is 62.3 Å². The zero-order valence-corrected chi connectivity index (χ0v) is 16.3. The van der Waals surface area contributed by atoms with Gasteiger partial charge in [0.25, 0.3) is 11.8 Å². The molecule has 3 rings (SSSR count). The minimum Gasteiger partial charge on any atom is -0.338 e. The van der Waals surface area contributed by atoms with Crippen LogP contribution in [0.2, 0.25) is 0 Å². The maximum Gasteiger partial charge on any atom is 0.274 e. The molecule has 2 heterocycles. The Bertz CT molecular complexity index is 847. The lowest BCUT2D eigenvalue weighted by Gasteiger charge is -2.31. The van der Waals surface area contributed by atoms with Gasteiger partial charge in [0.1, 0.15) is 5.69 Å². The first-order chi connectivity index (χ1) is 13.0. The Morgan fingerprint density at radius 2 is 2.11 bits per heavy atom. The number of pyridine rings is 1. The smallest absolute Gasteiger partial charge is 0.274 e. The Labute approximate surface area is 160 Å². The van der Waals surface area contributed by atoms with Gasteiger partial charge in [0.2, 0.25) is 0 Å². The number of aromatic nitrogens is 1. The molecule has 27 heavy (non-hydrogen) atoms. The third kappa shape index (κ3) is 4.35. The number of amides is 2. The first kappa shape index (κ1) is 19.1. The summed E-state index contributed by atoms with van der Waals surface area (Å²) < 4.78 is 0. The van der Waals surface area contributed by atoms with Crippen LogP contribution < -0.4 is 5.32 Å². The van der Waals surface area contributed by atoms with Gasteiger partial charge in [0.15, 0.2) is 0 Å². The van der Waals surface area contributed by atoms with Crippen LogP contribution in [0.4, 0.5) is 5.69 Å². The monoisotopic (exact) mass is 365 g/mol. The highest BCUT2D eigenvalue weighted by Crippen LogP contribution is 2.22. The number of aryl methyl sites for hydroxylation is 2. The number of rotatable bonds is 4. The lowest BCUT2D eigenvalue weighted by Crippen LogP contribution is -2.39. The van der Waals surface area contributed by atoms with E-state index in [1.165, 1.54) is 6.20 Å². The van der Waals surface area contributed by atoms with Crippen molar-refractivity contribution in [2.45, 2.75) is 40.0 Å². The Balaban J connectivity index is 1.79. The number of hydrogen-bond donors (Lipinski definition) is 1. The summed E-state index contributed by atoms with van der Waals surface area (Å²) in [4.78, 5) is 31.6. The molecule has 1 saturated heterocycles. The van der Waals surface area contributed by atoms with E-state index in [-0.39, 0.29) is 17.5 Å². The summed E-state index contributed by atoms with van der Waals surface area (Å²) in [7, 11) is 0. The zero-order valence-electron chi connectivity index (χ0n) is 16.3. The van der Waals surface area contributed by atoms with Crippen molar-refractivity contribution in [3.63, 3.8) is 0 Å². The molecule has 5 nitrogen and oxygen atoms in total. The quantitative estimate of drug-likeness (QED) is 0.888. The summed E-state index contributed by atoms with van der Waals surface area (Å²) in [6.45, 7) is 7.74. The van der Waals surface area contributed by atoms with Gasteiger partial charge in [-0.3, -0.25) is 14.6 Å². The molecule has 0 radical (unpaired) electrons. The van der Waals surface area contributed by atoms with Crippen LogP contribution in [0.5, 0.6) is 0 Å². The summed E-state index contributed by atoms with van der Waals surface area (Å²) in [5, 5.41) is 2.97. The van der Waals surface area contributed by atoms with Crippen LogP contribution in [0.15, 0.2) is 36.5 Å². The van der Waals surface area contributed by atoms with E-state index in [1.807, 2.05) is 30.0 Å². The standard InChI is InChI=1S/C22H27N3O2/c1-4-17-9-5-8-16(3)20(17)24-21(26)19-13-18(10-11-23-19)22(27)25-12-6-7-15(2)14-25/h5,8-11,13,15H,4,6-7,12,14H2,1-3H3,(H,24,26). The number of hydrogen-bond acceptors (Lipinski definition) is 3. The SMILES string of the molecule is CCc1cccc(C)c1NC(=O)c1cc(C(=O)N2CCCC(C)C2)ccn1. The minimum atomic E-state index is -0.291. The number of nitrogens with one attached hydrogen (secondary N) is 1. The first-order valence-corrected chi connectivity index (χ1v) is 9.64. The fraction of sp³-hybridized carbons (Fsp3) is 0.409. The van der Waals surface area contributed by atoms with Gasteiger partial charge in [-0.1, -0.05) is 32.0 Å². The Morgan fingerprint density at radius 1 is 1.30 bits per heavy atom. The lowest BCUT2D eigenvalue weighted by molar-refractivity contribution is 0.0683. The van der Waals surface area contributed by atoms with E-state index >= 15 is 0 Å². The van der Waals surface area contributed by atoms with E-state index in [4.69, 9.17) is 0 Å². The van der Waals surface area contributed by atoms with Crippen molar-refractivity contribution >= 4 is 17.5 Å². The van der Waals surface area contributed by atoms with Gasteiger partial charge >= 0.3 is 0 Å². The summed E-state index contributed by atoms with van der Waals surface area (Å²) >= 11 is 0. The van der Waals surface area contributed by atoms with Crippen LogP contribution in [0, 0.1) is 12.8 Å². The van der Waals surface area contributed by atoms with Gasteiger partial charge in [0, 0.05) is 30.5 Å². The molecule has 0 aliphatic carbocycles. The van der Waals surface area contributed by atoms with Crippen molar-refractivity contribution in [3.8, 4) is 0 Å². The molecule has 1 fully saturated rings. The molecule has 1 aromatic heterocycles. The molecule has 0 saturated carbocycles. The van der Waals surface area contributed by atoms with Crippen molar-refractivity contribution in [2.75, 3.05) is 18.4 Å². The Kier molecular flexibility index (Phi) is 5.89. The molecular formula is C22H27N3O2. The number of carbonyl (C=O) groups is 2. The lowest BCUT2D eigenvalue weighted by atomic mass is 9.99. The molecule has 5 heteroatoms. The van der Waals surface area contributed by atoms with E-state index in [0.29, 0.717) is 11.5 Å². The molecule has 142 valence electrons. The summed E-state index contributed by atoms with van der Waals surface area (Å²) in [5.41, 5.74) is 3.70. The van der Waals surface area contributed by atoms with Crippen molar-refractivity contribution in [3.05, 3.63) is 58.9 Å². The van der Waals surface area contributed by atoms with Crippen LogP contribution in [-0.2, 0) is 6.42 Å². The molecule has 0 bridgehead atoms. The maximum atomic E-state index is 12.8. The summed E-state index contributed by atoms with van der Waals surface area (Å²) in [5.74, 6) is 0.199. The molecule has 1 aromatic carbocycles. The Hall–Kier alpha value is -2.69. The fourth-order valence-corrected chi connectivity index (χ4v) is 3.62. The molecule has 2 aromatic rings. The van der Waals surface area contributed by atoms with Gasteiger partial charge in [-0.25, -0.2) is 0 Å². The van der Waals surface area contributed by atoms with Crippen LogP contribution in [0.25, 0.3) is 0 Å². The highest BCUT2D eigenvalue weighted by atomic mass is 16.2. The molecule has 1 unspecified atom stereocenters. The maximum absolute atomic E-state index is 12.8. The van der Waals surface area contributed by atoms with Crippen molar-refractivity contribution in [2.24, 2.45) is 5.92 Å². The molecule has 1 N–H and O–H groups in total. The van der Waals surface area contributed by atoms with Crippen LogP contribution in [-0.4, -0.2) is 34.8 Å². The number of carbonyl (C=O) groups excluding carboxylic acids is 2. The van der Waals surface area contributed by atoms with E-state index in [2.05, 4.69) is 24.1 Å². The number of para-hydroxylation sites is 1. The molecule has 1 atom stereocenters. The molecule has 2 amide bonds. The largest absolute Gasteiger partial charge is 0.338 e. The van der Waals surface area contributed by atoms with Gasteiger partial charge in [0.05, 0.1) is 0 Å². The van der Waals surface area contributed by atoms with Gasteiger partial charge < -0.3 is 10.2 Å². The third-order valence-corrected chi connectivity index (χ3v) is 5.16. The highest BCUT2D eigenvalue weighted by molar-refractivity contribution is 6.05. The summed E-state index contributed by atoms with van der Waals surface area (Å²) in [6, 6.07) is 9.25. The summed E-state index contributed by atoms with van der Waals surface area (Å²) in [6.07, 6.45) is 4.55. The number of benzene rings is 1. The van der Waals surface area contributed by atoms with Crippen molar-refractivity contribution in [1.82, 2.24) is 9.88 Å². The predicted octanol–water partition coefficient (Wildman–Crippen LogP) is 4.08. The molecule has 0 spiro atoms. The average Bonchev–Trinajstić information content (AvgIpc) is 2.69. The van der Waals surface area contributed by atoms with Gasteiger partial charge in [-0.15, -0.1) is 0 Å². The minimum absolute atomic E-state index is 0.0249. The van der Waals surface area contributed by atoms with E-state index in [1.54, 1.807) is 12.1 Å². The highest BCUT2D eigenvalue weighted by Gasteiger charge is 2.23. The Morgan fingerprint density at radius 3 is 2.85 bits per heavy atom. The second-order valence-electron chi connectivity index (χ2n) is 7.35. The average molecular weight is 365 g/mol. The second kappa shape index (κ2) is 8.33. The zero-order chi connectivity index (χ0) is 19.4. The number of nitrogens with zero attached hydrogens (tertiary/aromatic N) is 2. The van der Waals surface area contributed by atoms with Crippen molar-refractivity contribution in [1.29, 1.82) is 0 Å². The number of anilines is 1. The van der Waals surface area contributed by atoms with Crippen LogP contribution in [0.1, 0.15) is 58.7 Å².